The number of aryl methyl sites for hydroxylation is 3. The van der Waals surface area contributed by atoms with Crippen molar-refractivity contribution in [1.82, 2.24) is 9.78 Å². The molecule has 0 aliphatic rings. The standard InChI is InChI=1S/C22H24ClN3O3/c1-13-6-8-16(9-7-13)12-26-21(23)20(15(3)25-26)22(27)24-17-11-19(29-5)18(28-4)10-14(17)2/h6-11H,12H2,1-5H3,(H,24,27). The van der Waals surface area contributed by atoms with Crippen LogP contribution in [0.5, 0.6) is 11.5 Å². The molecule has 0 radical (unpaired) electrons. The highest BCUT2D eigenvalue weighted by atomic mass is 35.5. The van der Waals surface area contributed by atoms with Gasteiger partial charge in [-0.15, -0.1) is 0 Å². The average molecular weight is 414 g/mol. The van der Waals surface area contributed by atoms with Crippen molar-refractivity contribution in [3.8, 4) is 11.5 Å². The molecule has 6 nitrogen and oxygen atoms in total. The van der Waals surface area contributed by atoms with E-state index in [4.69, 9.17) is 21.1 Å². The van der Waals surface area contributed by atoms with Gasteiger partial charge >= 0.3 is 0 Å². The first-order chi connectivity index (χ1) is 13.8. The zero-order valence-corrected chi connectivity index (χ0v) is 17.9. The first-order valence-electron chi connectivity index (χ1n) is 9.16. The van der Waals surface area contributed by atoms with Crippen LogP contribution in [-0.2, 0) is 6.54 Å². The van der Waals surface area contributed by atoms with Crippen LogP contribution in [-0.4, -0.2) is 29.9 Å². The van der Waals surface area contributed by atoms with Gasteiger partial charge in [0.2, 0.25) is 0 Å². The fourth-order valence-electron chi connectivity index (χ4n) is 3.08. The Hall–Kier alpha value is -2.99. The SMILES string of the molecule is COc1cc(C)c(NC(=O)c2c(C)nn(Cc3ccc(C)cc3)c2Cl)cc1OC. The van der Waals surface area contributed by atoms with E-state index in [1.54, 1.807) is 31.9 Å². The second kappa shape index (κ2) is 8.57. The maximum Gasteiger partial charge on any atom is 0.260 e. The number of aromatic nitrogens is 2. The average Bonchev–Trinajstić information content (AvgIpc) is 2.97. The summed E-state index contributed by atoms with van der Waals surface area (Å²) in [6, 6.07) is 11.7. The summed E-state index contributed by atoms with van der Waals surface area (Å²) >= 11 is 6.51. The summed E-state index contributed by atoms with van der Waals surface area (Å²) in [5, 5.41) is 7.66. The number of benzene rings is 2. The zero-order valence-electron chi connectivity index (χ0n) is 17.2. The molecule has 0 saturated heterocycles. The Labute approximate surface area is 175 Å². The number of rotatable bonds is 6. The number of ether oxygens (including phenoxy) is 2. The number of hydrogen-bond donors (Lipinski definition) is 1. The van der Waals surface area contributed by atoms with Crippen LogP contribution >= 0.6 is 11.6 Å². The summed E-state index contributed by atoms with van der Waals surface area (Å²) in [4.78, 5) is 13.0. The Morgan fingerprint density at radius 3 is 2.31 bits per heavy atom. The van der Waals surface area contributed by atoms with Gasteiger partial charge in [0.05, 0.1) is 32.0 Å². The lowest BCUT2D eigenvalue weighted by Gasteiger charge is -2.13. The summed E-state index contributed by atoms with van der Waals surface area (Å²) in [5.74, 6) is 0.812. The quantitative estimate of drug-likeness (QED) is 0.631. The second-order valence-electron chi connectivity index (χ2n) is 6.87. The molecule has 7 heteroatoms. The Bertz CT molecular complexity index is 1040. The molecule has 0 saturated carbocycles. The highest BCUT2D eigenvalue weighted by Crippen LogP contribution is 2.33. The fraction of sp³-hybridized carbons (Fsp3) is 0.273. The van der Waals surface area contributed by atoms with Crippen molar-refractivity contribution in [3.05, 3.63) is 69.5 Å². The van der Waals surface area contributed by atoms with E-state index in [0.29, 0.717) is 40.1 Å². The predicted molar refractivity (Wildman–Crippen MR) is 114 cm³/mol. The molecule has 0 aliphatic heterocycles. The highest BCUT2D eigenvalue weighted by Gasteiger charge is 2.21. The van der Waals surface area contributed by atoms with Crippen LogP contribution < -0.4 is 14.8 Å². The number of amides is 1. The highest BCUT2D eigenvalue weighted by molar-refractivity contribution is 6.33. The minimum absolute atomic E-state index is 0.304. The molecule has 1 aromatic heterocycles. The van der Waals surface area contributed by atoms with Gasteiger partial charge in [0.15, 0.2) is 11.5 Å². The van der Waals surface area contributed by atoms with Crippen molar-refractivity contribution in [2.24, 2.45) is 0 Å². The maximum absolute atomic E-state index is 13.0. The normalized spacial score (nSPS) is 10.7. The summed E-state index contributed by atoms with van der Waals surface area (Å²) in [5.41, 5.74) is 4.63. The summed E-state index contributed by atoms with van der Waals surface area (Å²) < 4.78 is 12.3. The largest absolute Gasteiger partial charge is 0.493 e. The summed E-state index contributed by atoms with van der Waals surface area (Å²) in [6.45, 7) is 6.18. The van der Waals surface area contributed by atoms with Gasteiger partial charge in [-0.2, -0.15) is 5.10 Å². The number of halogens is 1. The molecule has 2 aromatic carbocycles. The number of anilines is 1. The molecule has 1 amide bonds. The lowest BCUT2D eigenvalue weighted by Crippen LogP contribution is -2.14. The minimum Gasteiger partial charge on any atom is -0.493 e. The summed E-state index contributed by atoms with van der Waals surface area (Å²) in [6.07, 6.45) is 0. The van der Waals surface area contributed by atoms with Gasteiger partial charge in [-0.3, -0.25) is 4.79 Å². The fourth-order valence-corrected chi connectivity index (χ4v) is 3.40. The molecule has 3 rings (SSSR count). The van der Waals surface area contributed by atoms with Gasteiger partial charge in [0, 0.05) is 11.8 Å². The van der Waals surface area contributed by atoms with Gasteiger partial charge in [-0.1, -0.05) is 41.4 Å². The lowest BCUT2D eigenvalue weighted by atomic mass is 10.1. The predicted octanol–water partition coefficient (Wildman–Crippen LogP) is 4.78. The van der Waals surface area contributed by atoms with E-state index >= 15 is 0 Å². The van der Waals surface area contributed by atoms with Gasteiger partial charge in [0.1, 0.15) is 5.15 Å². The van der Waals surface area contributed by atoms with Crippen molar-refractivity contribution in [3.63, 3.8) is 0 Å². The van der Waals surface area contributed by atoms with E-state index in [1.807, 2.05) is 44.2 Å². The van der Waals surface area contributed by atoms with Crippen LogP contribution in [0.2, 0.25) is 5.15 Å². The number of carbonyl (C=O) groups excluding carboxylic acids is 1. The Balaban J connectivity index is 1.86. The van der Waals surface area contributed by atoms with Crippen LogP contribution in [0, 0.1) is 20.8 Å². The monoisotopic (exact) mass is 413 g/mol. The molecule has 152 valence electrons. The third-order valence-corrected chi connectivity index (χ3v) is 5.11. The van der Waals surface area contributed by atoms with E-state index in [1.165, 1.54) is 5.56 Å². The molecule has 0 bridgehead atoms. The molecule has 29 heavy (non-hydrogen) atoms. The molecule has 0 spiro atoms. The van der Waals surface area contributed by atoms with Crippen molar-refractivity contribution in [2.45, 2.75) is 27.3 Å². The molecule has 1 N–H and O–H groups in total. The molecular formula is C22H24ClN3O3. The van der Waals surface area contributed by atoms with Crippen LogP contribution in [0.3, 0.4) is 0 Å². The molecule has 0 atom stereocenters. The van der Waals surface area contributed by atoms with Gasteiger partial charge in [-0.05, 0) is 38.0 Å². The van der Waals surface area contributed by atoms with E-state index in [0.717, 1.165) is 11.1 Å². The van der Waals surface area contributed by atoms with Crippen LogP contribution in [0.15, 0.2) is 36.4 Å². The Morgan fingerprint density at radius 2 is 1.69 bits per heavy atom. The Kier molecular flexibility index (Phi) is 6.13. The zero-order chi connectivity index (χ0) is 21.1. The molecule has 0 unspecified atom stereocenters. The number of nitrogens with zero attached hydrogens (tertiary/aromatic N) is 2. The van der Waals surface area contributed by atoms with Gasteiger partial charge < -0.3 is 14.8 Å². The number of methoxy groups -OCH3 is 2. The molecule has 0 aliphatic carbocycles. The number of carbonyl (C=O) groups is 1. The minimum atomic E-state index is -0.321. The molecule has 1 heterocycles. The number of hydrogen-bond acceptors (Lipinski definition) is 4. The topological polar surface area (TPSA) is 65.4 Å². The third-order valence-electron chi connectivity index (χ3n) is 4.72. The smallest absolute Gasteiger partial charge is 0.260 e. The molecular weight excluding hydrogens is 390 g/mol. The summed E-state index contributed by atoms with van der Waals surface area (Å²) in [7, 11) is 3.12. The Morgan fingerprint density at radius 1 is 1.07 bits per heavy atom. The van der Waals surface area contributed by atoms with Crippen LogP contribution in [0.1, 0.15) is 32.7 Å². The van der Waals surface area contributed by atoms with Crippen LogP contribution in [0.4, 0.5) is 5.69 Å². The van der Waals surface area contributed by atoms with Crippen molar-refractivity contribution in [1.29, 1.82) is 0 Å². The first kappa shape index (κ1) is 20.7. The van der Waals surface area contributed by atoms with Crippen LogP contribution in [0.25, 0.3) is 0 Å². The molecule has 3 aromatic rings. The second-order valence-corrected chi connectivity index (χ2v) is 7.23. The van der Waals surface area contributed by atoms with Crippen molar-refractivity contribution < 1.29 is 14.3 Å². The van der Waals surface area contributed by atoms with Crippen molar-refractivity contribution >= 4 is 23.2 Å². The van der Waals surface area contributed by atoms with E-state index in [2.05, 4.69) is 10.4 Å². The number of nitrogens with one attached hydrogen (secondary N) is 1. The van der Waals surface area contributed by atoms with Crippen molar-refractivity contribution in [2.75, 3.05) is 19.5 Å². The van der Waals surface area contributed by atoms with E-state index in [9.17, 15) is 4.79 Å². The van der Waals surface area contributed by atoms with E-state index < -0.39 is 0 Å². The molecule has 0 fully saturated rings. The van der Waals surface area contributed by atoms with Gasteiger partial charge in [0.25, 0.3) is 5.91 Å². The third kappa shape index (κ3) is 4.38. The van der Waals surface area contributed by atoms with E-state index in [-0.39, 0.29) is 5.91 Å². The first-order valence-corrected chi connectivity index (χ1v) is 9.54. The van der Waals surface area contributed by atoms with Gasteiger partial charge in [-0.25, -0.2) is 4.68 Å². The lowest BCUT2D eigenvalue weighted by molar-refractivity contribution is 0.102. The maximum atomic E-state index is 13.0.